The van der Waals surface area contributed by atoms with Crippen LogP contribution in [0.2, 0.25) is 0 Å². The van der Waals surface area contributed by atoms with Gasteiger partial charge in [0, 0.05) is 52.0 Å². The SMILES string of the molecule is CN=C(NCC(C)CN1CCOCC1)NC(C)Cc1c(C)nn(C)c1C.I. The minimum Gasteiger partial charge on any atom is -0.379 e. The summed E-state index contributed by atoms with van der Waals surface area (Å²) in [7, 11) is 3.83. The number of rotatable bonds is 7. The van der Waals surface area contributed by atoms with E-state index in [1.807, 2.05) is 18.8 Å². The molecule has 1 aliphatic rings. The highest BCUT2D eigenvalue weighted by atomic mass is 127. The molecule has 7 nitrogen and oxygen atoms in total. The van der Waals surface area contributed by atoms with Crippen molar-refractivity contribution in [3.8, 4) is 0 Å². The normalized spacial score (nSPS) is 17.9. The zero-order chi connectivity index (χ0) is 19.1. The second-order valence-electron chi connectivity index (χ2n) is 7.49. The number of aromatic nitrogens is 2. The Morgan fingerprint density at radius 2 is 1.93 bits per heavy atom. The van der Waals surface area contributed by atoms with Crippen molar-refractivity contribution in [3.63, 3.8) is 0 Å². The molecule has 2 N–H and O–H groups in total. The van der Waals surface area contributed by atoms with E-state index in [-0.39, 0.29) is 30.0 Å². The number of ether oxygens (including phenoxy) is 1. The maximum Gasteiger partial charge on any atom is 0.191 e. The second kappa shape index (κ2) is 11.9. The van der Waals surface area contributed by atoms with Crippen molar-refractivity contribution in [2.24, 2.45) is 18.0 Å². The summed E-state index contributed by atoms with van der Waals surface area (Å²) in [6, 6.07) is 0.289. The zero-order valence-electron chi connectivity index (χ0n) is 17.7. The molecule has 2 rings (SSSR count). The number of aliphatic imine (C=N–C) groups is 1. The Labute approximate surface area is 181 Å². The summed E-state index contributed by atoms with van der Waals surface area (Å²) in [6.07, 6.45) is 0.940. The molecule has 0 saturated carbocycles. The molecule has 2 atom stereocenters. The van der Waals surface area contributed by atoms with Gasteiger partial charge in [0.1, 0.15) is 0 Å². The molecule has 1 fully saturated rings. The number of hydrogen-bond donors (Lipinski definition) is 2. The van der Waals surface area contributed by atoms with Gasteiger partial charge < -0.3 is 15.4 Å². The molecule has 27 heavy (non-hydrogen) atoms. The topological polar surface area (TPSA) is 66.7 Å². The molecule has 1 saturated heterocycles. The molecule has 1 aromatic rings. The molecule has 0 radical (unpaired) electrons. The van der Waals surface area contributed by atoms with E-state index in [9.17, 15) is 0 Å². The van der Waals surface area contributed by atoms with Gasteiger partial charge in [-0.1, -0.05) is 6.92 Å². The summed E-state index contributed by atoms with van der Waals surface area (Å²) < 4.78 is 7.37. The van der Waals surface area contributed by atoms with Crippen molar-refractivity contribution < 1.29 is 4.74 Å². The third kappa shape index (κ3) is 7.57. The molecule has 8 heteroatoms. The van der Waals surface area contributed by atoms with Crippen LogP contribution in [0.25, 0.3) is 0 Å². The van der Waals surface area contributed by atoms with E-state index in [1.165, 1.54) is 11.3 Å². The molecular weight excluding hydrogens is 455 g/mol. The van der Waals surface area contributed by atoms with Gasteiger partial charge in [-0.2, -0.15) is 5.10 Å². The first-order chi connectivity index (χ1) is 12.4. The highest BCUT2D eigenvalue weighted by Crippen LogP contribution is 2.14. The summed E-state index contributed by atoms with van der Waals surface area (Å²) in [5.74, 6) is 1.43. The van der Waals surface area contributed by atoms with Gasteiger partial charge in [0.2, 0.25) is 0 Å². The fraction of sp³-hybridized carbons (Fsp3) is 0.789. The first-order valence-corrected chi connectivity index (χ1v) is 9.67. The number of hydrogen-bond acceptors (Lipinski definition) is 4. The van der Waals surface area contributed by atoms with Crippen LogP contribution >= 0.6 is 24.0 Å². The third-order valence-electron chi connectivity index (χ3n) is 5.07. The second-order valence-corrected chi connectivity index (χ2v) is 7.49. The van der Waals surface area contributed by atoms with Crippen LogP contribution in [0.3, 0.4) is 0 Å². The van der Waals surface area contributed by atoms with Gasteiger partial charge in [0.05, 0.1) is 18.9 Å². The molecule has 1 aliphatic heterocycles. The van der Waals surface area contributed by atoms with Crippen molar-refractivity contribution in [2.75, 3.05) is 46.4 Å². The fourth-order valence-corrected chi connectivity index (χ4v) is 3.46. The smallest absolute Gasteiger partial charge is 0.191 e. The van der Waals surface area contributed by atoms with Crippen molar-refractivity contribution in [1.29, 1.82) is 0 Å². The predicted octanol–water partition coefficient (Wildman–Crippen LogP) is 1.72. The molecule has 0 aliphatic carbocycles. The highest BCUT2D eigenvalue weighted by molar-refractivity contribution is 14.0. The first-order valence-electron chi connectivity index (χ1n) is 9.67. The molecule has 0 aromatic carbocycles. The van der Waals surface area contributed by atoms with Gasteiger partial charge in [-0.15, -0.1) is 24.0 Å². The van der Waals surface area contributed by atoms with Crippen LogP contribution in [0.5, 0.6) is 0 Å². The Bertz CT molecular complexity index is 597. The summed E-state index contributed by atoms with van der Waals surface area (Å²) in [5, 5.41) is 11.5. The van der Waals surface area contributed by atoms with Crippen LogP contribution in [-0.2, 0) is 18.2 Å². The van der Waals surface area contributed by atoms with E-state index in [2.05, 4.69) is 53.3 Å². The number of morpholine rings is 1. The quantitative estimate of drug-likeness (QED) is 0.345. The van der Waals surface area contributed by atoms with E-state index in [1.54, 1.807) is 0 Å². The van der Waals surface area contributed by atoms with E-state index in [0.29, 0.717) is 5.92 Å². The fourth-order valence-electron chi connectivity index (χ4n) is 3.46. The number of nitrogens with zero attached hydrogens (tertiary/aromatic N) is 4. The summed E-state index contributed by atoms with van der Waals surface area (Å²) >= 11 is 0. The molecule has 0 spiro atoms. The molecule has 156 valence electrons. The van der Waals surface area contributed by atoms with Crippen molar-refractivity contribution in [3.05, 3.63) is 17.0 Å². The predicted molar refractivity (Wildman–Crippen MR) is 122 cm³/mol. The van der Waals surface area contributed by atoms with Crippen LogP contribution in [0.15, 0.2) is 4.99 Å². The van der Waals surface area contributed by atoms with Crippen molar-refractivity contribution >= 4 is 29.9 Å². The van der Waals surface area contributed by atoms with Crippen LogP contribution in [0.1, 0.15) is 30.8 Å². The highest BCUT2D eigenvalue weighted by Gasteiger charge is 2.16. The van der Waals surface area contributed by atoms with Crippen LogP contribution in [-0.4, -0.2) is 73.1 Å². The largest absolute Gasteiger partial charge is 0.379 e. The number of aryl methyl sites for hydroxylation is 2. The Hall–Kier alpha value is -0.870. The molecule has 2 unspecified atom stereocenters. The average Bonchev–Trinajstić information content (AvgIpc) is 2.85. The Kier molecular flexibility index (Phi) is 10.6. The summed E-state index contributed by atoms with van der Waals surface area (Å²) in [5.41, 5.74) is 3.67. The lowest BCUT2D eigenvalue weighted by atomic mass is 10.1. The lowest BCUT2D eigenvalue weighted by Gasteiger charge is -2.29. The maximum absolute atomic E-state index is 5.42. The van der Waals surface area contributed by atoms with Crippen LogP contribution < -0.4 is 10.6 Å². The van der Waals surface area contributed by atoms with E-state index in [4.69, 9.17) is 4.74 Å². The van der Waals surface area contributed by atoms with Gasteiger partial charge in [-0.25, -0.2) is 0 Å². The van der Waals surface area contributed by atoms with Gasteiger partial charge in [-0.3, -0.25) is 14.6 Å². The van der Waals surface area contributed by atoms with Crippen LogP contribution in [0, 0.1) is 19.8 Å². The standard InChI is InChI=1S/C19H36N6O.HI/c1-14(13-25-7-9-26-10-8-25)12-21-19(20-5)22-15(2)11-18-16(3)23-24(6)17(18)4;/h14-15H,7-13H2,1-6H3,(H2,20,21,22);1H. The lowest BCUT2D eigenvalue weighted by molar-refractivity contribution is 0.0320. The minimum atomic E-state index is 0. The minimum absolute atomic E-state index is 0. The summed E-state index contributed by atoms with van der Waals surface area (Å²) in [6.45, 7) is 14.5. The van der Waals surface area contributed by atoms with E-state index >= 15 is 0 Å². The van der Waals surface area contributed by atoms with Crippen molar-refractivity contribution in [2.45, 2.75) is 40.2 Å². The van der Waals surface area contributed by atoms with E-state index in [0.717, 1.165) is 57.5 Å². The molecule has 2 heterocycles. The monoisotopic (exact) mass is 492 g/mol. The zero-order valence-corrected chi connectivity index (χ0v) is 20.0. The Morgan fingerprint density at radius 1 is 1.26 bits per heavy atom. The number of halogens is 1. The molecule has 1 aromatic heterocycles. The lowest BCUT2D eigenvalue weighted by Crippen LogP contribution is -2.46. The van der Waals surface area contributed by atoms with E-state index < -0.39 is 0 Å². The average molecular weight is 492 g/mol. The van der Waals surface area contributed by atoms with Gasteiger partial charge in [0.15, 0.2) is 5.96 Å². The van der Waals surface area contributed by atoms with Gasteiger partial charge in [-0.05, 0) is 38.7 Å². The van der Waals surface area contributed by atoms with Gasteiger partial charge in [0.25, 0.3) is 0 Å². The number of guanidine groups is 1. The van der Waals surface area contributed by atoms with Crippen LogP contribution in [0.4, 0.5) is 0 Å². The van der Waals surface area contributed by atoms with Gasteiger partial charge >= 0.3 is 0 Å². The molecule has 0 bridgehead atoms. The summed E-state index contributed by atoms with van der Waals surface area (Å²) in [4.78, 5) is 6.85. The Balaban J connectivity index is 0.00000364. The third-order valence-corrected chi connectivity index (χ3v) is 5.07. The molecule has 0 amide bonds. The maximum atomic E-state index is 5.42. The molecular formula is C19H37IN6O. The Morgan fingerprint density at radius 3 is 2.48 bits per heavy atom. The number of nitrogens with one attached hydrogen (secondary N) is 2. The van der Waals surface area contributed by atoms with Crippen molar-refractivity contribution in [1.82, 2.24) is 25.3 Å². The first kappa shape index (κ1) is 24.2.